The number of carbonyl (C=O) groups is 1. The lowest BCUT2D eigenvalue weighted by molar-refractivity contribution is 0.102. The molecular formula is C18H11BrN2O3S2. The number of carbonyl (C=O) groups excluding carboxylic acids is 1. The van der Waals surface area contributed by atoms with Crippen molar-refractivity contribution < 1.29 is 9.21 Å². The molecule has 3 aromatic heterocycles. The Bertz CT molecular complexity index is 1180. The van der Waals surface area contributed by atoms with Crippen LogP contribution in [0.4, 0.5) is 5.13 Å². The third-order valence-corrected chi connectivity index (χ3v) is 5.97. The van der Waals surface area contributed by atoms with Gasteiger partial charge in [-0.05, 0) is 42.6 Å². The predicted octanol–water partition coefficient (Wildman–Crippen LogP) is 5.30. The number of hydrogen-bond acceptors (Lipinski definition) is 6. The van der Waals surface area contributed by atoms with Gasteiger partial charge in [0.2, 0.25) is 0 Å². The van der Waals surface area contributed by atoms with Gasteiger partial charge in [0.25, 0.3) is 5.91 Å². The van der Waals surface area contributed by atoms with Gasteiger partial charge >= 0.3 is 5.63 Å². The number of fused-ring (bicyclic) bond motifs is 1. The van der Waals surface area contributed by atoms with Gasteiger partial charge in [0.05, 0.1) is 10.6 Å². The Labute approximate surface area is 164 Å². The second kappa shape index (κ2) is 6.79. The molecule has 4 aromatic rings. The van der Waals surface area contributed by atoms with Gasteiger partial charge in [0.15, 0.2) is 5.13 Å². The van der Waals surface area contributed by atoms with Crippen molar-refractivity contribution in [3.05, 3.63) is 67.1 Å². The van der Waals surface area contributed by atoms with E-state index in [-0.39, 0.29) is 5.56 Å². The number of nitrogens with zero attached hydrogens (tertiary/aromatic N) is 1. The first kappa shape index (κ1) is 17.1. The molecule has 4 rings (SSSR count). The molecule has 0 aliphatic carbocycles. The first-order valence-corrected chi connectivity index (χ1v) is 10.1. The number of rotatable bonds is 3. The number of nitrogens with one attached hydrogen (secondary N) is 1. The lowest BCUT2D eigenvalue weighted by atomic mass is 10.2. The number of halogens is 1. The number of thiazole rings is 1. The highest BCUT2D eigenvalue weighted by Gasteiger charge is 2.17. The largest absolute Gasteiger partial charge is 0.422 e. The molecule has 0 radical (unpaired) electrons. The van der Waals surface area contributed by atoms with Crippen LogP contribution in [0.25, 0.3) is 21.5 Å². The van der Waals surface area contributed by atoms with Gasteiger partial charge in [-0.1, -0.05) is 22.0 Å². The van der Waals surface area contributed by atoms with Crippen LogP contribution >= 0.6 is 38.6 Å². The maximum absolute atomic E-state index is 12.6. The summed E-state index contributed by atoms with van der Waals surface area (Å²) < 4.78 is 6.08. The Balaban J connectivity index is 1.67. The predicted molar refractivity (Wildman–Crippen MR) is 108 cm³/mol. The number of thiophene rings is 1. The van der Waals surface area contributed by atoms with E-state index in [0.717, 1.165) is 19.9 Å². The van der Waals surface area contributed by atoms with Crippen molar-refractivity contribution in [2.24, 2.45) is 0 Å². The fourth-order valence-electron chi connectivity index (χ4n) is 2.51. The van der Waals surface area contributed by atoms with Crippen LogP contribution in [0.5, 0.6) is 0 Å². The summed E-state index contributed by atoms with van der Waals surface area (Å²) in [5.41, 5.74) is 0.541. The van der Waals surface area contributed by atoms with Gasteiger partial charge in [-0.3, -0.25) is 10.1 Å². The molecule has 0 atom stereocenters. The quantitative estimate of drug-likeness (QED) is 0.433. The van der Waals surface area contributed by atoms with Crippen LogP contribution in [0, 0.1) is 6.92 Å². The van der Waals surface area contributed by atoms with Crippen molar-refractivity contribution in [3.8, 4) is 10.6 Å². The Kier molecular flexibility index (Phi) is 4.47. The molecule has 26 heavy (non-hydrogen) atoms. The zero-order valence-electron chi connectivity index (χ0n) is 13.4. The number of benzene rings is 1. The van der Waals surface area contributed by atoms with Crippen molar-refractivity contribution in [2.75, 3.05) is 5.32 Å². The number of hydrogen-bond donors (Lipinski definition) is 1. The lowest BCUT2D eigenvalue weighted by Gasteiger charge is -2.03. The van der Waals surface area contributed by atoms with Crippen LogP contribution in [0.1, 0.15) is 15.2 Å². The lowest BCUT2D eigenvalue weighted by Crippen LogP contribution is -2.20. The highest BCUT2D eigenvalue weighted by atomic mass is 79.9. The fourth-order valence-corrected chi connectivity index (χ4v) is 4.55. The summed E-state index contributed by atoms with van der Waals surface area (Å²) in [7, 11) is 0. The monoisotopic (exact) mass is 446 g/mol. The van der Waals surface area contributed by atoms with Crippen LogP contribution in [-0.2, 0) is 0 Å². The van der Waals surface area contributed by atoms with Crippen molar-refractivity contribution >= 4 is 60.6 Å². The summed E-state index contributed by atoms with van der Waals surface area (Å²) >= 11 is 6.33. The van der Waals surface area contributed by atoms with Crippen molar-refractivity contribution in [1.29, 1.82) is 0 Å². The molecule has 0 aliphatic rings. The fraction of sp³-hybridized carbons (Fsp3) is 0.0556. The van der Waals surface area contributed by atoms with E-state index in [2.05, 4.69) is 26.2 Å². The standard InChI is InChI=1S/C18H11BrN2O3S2/c1-9-15(14-3-2-6-25-14)20-18(26-9)21-16(22)12-8-10-7-11(19)4-5-13(10)24-17(12)23/h2-8H,1H3,(H,20,21,22). The minimum atomic E-state index is -0.677. The molecule has 0 unspecified atom stereocenters. The smallest absolute Gasteiger partial charge is 0.349 e. The third-order valence-electron chi connectivity index (χ3n) is 3.71. The van der Waals surface area contributed by atoms with E-state index in [1.165, 1.54) is 17.4 Å². The highest BCUT2D eigenvalue weighted by molar-refractivity contribution is 9.10. The molecule has 0 bridgehead atoms. The Hall–Kier alpha value is -2.29. The van der Waals surface area contributed by atoms with Gasteiger partial charge < -0.3 is 4.42 Å². The zero-order chi connectivity index (χ0) is 18.3. The summed E-state index contributed by atoms with van der Waals surface area (Å²) in [6, 6.07) is 10.7. The van der Waals surface area contributed by atoms with Crippen molar-refractivity contribution in [2.45, 2.75) is 6.92 Å². The molecule has 1 N–H and O–H groups in total. The molecule has 0 spiro atoms. The number of aryl methyl sites for hydroxylation is 1. The van der Waals surface area contributed by atoms with E-state index >= 15 is 0 Å². The average Bonchev–Trinajstić information content (AvgIpc) is 3.24. The van der Waals surface area contributed by atoms with Crippen LogP contribution in [-0.4, -0.2) is 10.9 Å². The van der Waals surface area contributed by atoms with E-state index in [1.54, 1.807) is 29.5 Å². The molecule has 5 nitrogen and oxygen atoms in total. The maximum Gasteiger partial charge on any atom is 0.349 e. The number of anilines is 1. The maximum atomic E-state index is 12.6. The Morgan fingerprint density at radius 3 is 2.88 bits per heavy atom. The van der Waals surface area contributed by atoms with Gasteiger partial charge in [-0.15, -0.1) is 22.7 Å². The molecular weight excluding hydrogens is 436 g/mol. The summed E-state index contributed by atoms with van der Waals surface area (Å²) in [5, 5.41) is 5.79. The minimum Gasteiger partial charge on any atom is -0.422 e. The minimum absolute atomic E-state index is 0.0545. The molecule has 8 heteroatoms. The first-order valence-electron chi connectivity index (χ1n) is 7.57. The van der Waals surface area contributed by atoms with Gasteiger partial charge in [0, 0.05) is 14.7 Å². The Morgan fingerprint density at radius 1 is 1.27 bits per heavy atom. The van der Waals surface area contributed by atoms with Crippen LogP contribution in [0.2, 0.25) is 0 Å². The van der Waals surface area contributed by atoms with Crippen LogP contribution < -0.4 is 10.9 Å². The van der Waals surface area contributed by atoms with Crippen molar-refractivity contribution in [1.82, 2.24) is 4.98 Å². The van der Waals surface area contributed by atoms with Gasteiger partial charge in [-0.25, -0.2) is 9.78 Å². The molecule has 130 valence electrons. The van der Waals surface area contributed by atoms with Crippen LogP contribution in [0.15, 0.2) is 55.5 Å². The number of aromatic nitrogens is 1. The van der Waals surface area contributed by atoms with E-state index in [4.69, 9.17) is 4.42 Å². The summed E-state index contributed by atoms with van der Waals surface area (Å²) in [6.07, 6.45) is 0. The van der Waals surface area contributed by atoms with E-state index in [9.17, 15) is 9.59 Å². The molecule has 1 amide bonds. The molecule has 0 saturated heterocycles. The summed E-state index contributed by atoms with van der Waals surface area (Å²) in [6.45, 7) is 1.95. The van der Waals surface area contributed by atoms with E-state index in [1.807, 2.05) is 24.4 Å². The molecule has 0 aliphatic heterocycles. The molecule has 0 fully saturated rings. The van der Waals surface area contributed by atoms with Crippen LogP contribution in [0.3, 0.4) is 0 Å². The topological polar surface area (TPSA) is 72.2 Å². The third kappa shape index (κ3) is 3.23. The summed E-state index contributed by atoms with van der Waals surface area (Å²) in [4.78, 5) is 31.2. The summed E-state index contributed by atoms with van der Waals surface area (Å²) in [5.74, 6) is -0.535. The van der Waals surface area contributed by atoms with E-state index < -0.39 is 11.5 Å². The molecule has 0 saturated carbocycles. The van der Waals surface area contributed by atoms with Gasteiger partial charge in [0.1, 0.15) is 11.1 Å². The average molecular weight is 447 g/mol. The SMILES string of the molecule is Cc1sc(NC(=O)c2cc3cc(Br)ccc3oc2=O)nc1-c1cccs1. The highest BCUT2D eigenvalue weighted by Crippen LogP contribution is 2.33. The molecule has 1 aromatic carbocycles. The number of amides is 1. The molecule has 3 heterocycles. The second-order valence-corrected chi connectivity index (χ2v) is 8.55. The second-order valence-electron chi connectivity index (χ2n) is 5.48. The first-order chi connectivity index (χ1) is 12.5. The van der Waals surface area contributed by atoms with E-state index in [0.29, 0.717) is 16.1 Å². The van der Waals surface area contributed by atoms with Gasteiger partial charge in [-0.2, -0.15) is 0 Å². The zero-order valence-corrected chi connectivity index (χ0v) is 16.6. The normalized spacial score (nSPS) is 11.0. The Morgan fingerprint density at radius 2 is 2.12 bits per heavy atom. The van der Waals surface area contributed by atoms with Crippen molar-refractivity contribution in [3.63, 3.8) is 0 Å².